The number of piperazine rings is 1. The standard InChI is InChI=1S/C20H27N3O2/c1-3-7-20(24)23-11-6-8-17(16-23)21-12-14-22(15-13-21)18-9-4-5-10-19(18)25-2/h4-5,9-10,17H,6,8,11-16H2,1-2H3/t17-/m0/s1. The summed E-state index contributed by atoms with van der Waals surface area (Å²) in [4.78, 5) is 18.9. The summed E-state index contributed by atoms with van der Waals surface area (Å²) in [7, 11) is 1.72. The van der Waals surface area contributed by atoms with Gasteiger partial charge in [-0.1, -0.05) is 18.1 Å². The first kappa shape index (κ1) is 17.6. The number of likely N-dealkylation sites (tertiary alicyclic amines) is 1. The fraction of sp³-hybridized carbons (Fsp3) is 0.550. The van der Waals surface area contributed by atoms with Crippen LogP contribution in [0.25, 0.3) is 0 Å². The van der Waals surface area contributed by atoms with Gasteiger partial charge in [0, 0.05) is 45.3 Å². The Kier molecular flexibility index (Phi) is 5.83. The number of hydrogen-bond donors (Lipinski definition) is 0. The predicted octanol–water partition coefficient (Wildman–Crippen LogP) is 1.83. The lowest BCUT2D eigenvalue weighted by Crippen LogP contribution is -2.55. The second-order valence-electron chi connectivity index (χ2n) is 6.62. The SMILES string of the molecule is CC#CC(=O)N1CCC[C@H](N2CCN(c3ccccc3OC)CC2)C1. The van der Waals surface area contributed by atoms with Crippen LogP contribution >= 0.6 is 0 Å². The Morgan fingerprint density at radius 2 is 1.92 bits per heavy atom. The molecule has 2 saturated heterocycles. The summed E-state index contributed by atoms with van der Waals surface area (Å²) in [6, 6.07) is 8.66. The number of hydrogen-bond acceptors (Lipinski definition) is 4. The number of anilines is 1. The zero-order valence-electron chi connectivity index (χ0n) is 15.2. The highest BCUT2D eigenvalue weighted by Gasteiger charge is 2.30. The van der Waals surface area contributed by atoms with Crippen LogP contribution in [0.15, 0.2) is 24.3 Å². The van der Waals surface area contributed by atoms with E-state index in [2.05, 4.69) is 33.8 Å². The van der Waals surface area contributed by atoms with Gasteiger partial charge in [0.2, 0.25) is 0 Å². The second-order valence-corrected chi connectivity index (χ2v) is 6.62. The van der Waals surface area contributed by atoms with Crippen LogP contribution in [0.4, 0.5) is 5.69 Å². The quantitative estimate of drug-likeness (QED) is 0.786. The van der Waals surface area contributed by atoms with Crippen LogP contribution in [0, 0.1) is 11.8 Å². The zero-order valence-corrected chi connectivity index (χ0v) is 15.2. The Bertz CT molecular complexity index is 656. The first-order chi connectivity index (χ1) is 12.2. The third-order valence-electron chi connectivity index (χ3n) is 5.17. The topological polar surface area (TPSA) is 36.0 Å². The van der Waals surface area contributed by atoms with Crippen LogP contribution in [0.3, 0.4) is 0 Å². The van der Waals surface area contributed by atoms with Crippen LogP contribution < -0.4 is 9.64 Å². The minimum atomic E-state index is -0.0279. The maximum absolute atomic E-state index is 12.0. The Balaban J connectivity index is 1.58. The normalized spacial score (nSPS) is 21.4. The molecule has 0 radical (unpaired) electrons. The molecule has 0 bridgehead atoms. The lowest BCUT2D eigenvalue weighted by molar-refractivity contribution is -0.127. The van der Waals surface area contributed by atoms with Crippen LogP contribution in [0.5, 0.6) is 5.75 Å². The molecule has 1 aromatic rings. The van der Waals surface area contributed by atoms with E-state index in [0.717, 1.165) is 57.9 Å². The van der Waals surface area contributed by atoms with E-state index >= 15 is 0 Å². The Morgan fingerprint density at radius 3 is 2.64 bits per heavy atom. The molecule has 0 aromatic heterocycles. The monoisotopic (exact) mass is 341 g/mol. The zero-order chi connectivity index (χ0) is 17.6. The molecule has 3 rings (SSSR count). The van der Waals surface area contributed by atoms with Gasteiger partial charge in [0.15, 0.2) is 0 Å². The highest BCUT2D eigenvalue weighted by Crippen LogP contribution is 2.29. The smallest absolute Gasteiger partial charge is 0.298 e. The fourth-order valence-corrected chi connectivity index (χ4v) is 3.84. The van der Waals surface area contributed by atoms with E-state index < -0.39 is 0 Å². The summed E-state index contributed by atoms with van der Waals surface area (Å²) < 4.78 is 5.49. The first-order valence-corrected chi connectivity index (χ1v) is 9.06. The maximum atomic E-state index is 12.0. The largest absolute Gasteiger partial charge is 0.495 e. The van der Waals surface area contributed by atoms with Gasteiger partial charge in [0.1, 0.15) is 5.75 Å². The van der Waals surface area contributed by atoms with Crippen molar-refractivity contribution >= 4 is 11.6 Å². The molecule has 2 heterocycles. The lowest BCUT2D eigenvalue weighted by Gasteiger charge is -2.43. The Morgan fingerprint density at radius 1 is 1.16 bits per heavy atom. The molecule has 0 aliphatic carbocycles. The van der Waals surface area contributed by atoms with E-state index in [4.69, 9.17) is 4.74 Å². The van der Waals surface area contributed by atoms with Gasteiger partial charge in [0.05, 0.1) is 12.8 Å². The molecule has 1 aromatic carbocycles. The van der Waals surface area contributed by atoms with E-state index in [-0.39, 0.29) is 5.91 Å². The van der Waals surface area contributed by atoms with Crippen molar-refractivity contribution in [2.24, 2.45) is 0 Å². The molecule has 5 heteroatoms. The highest BCUT2D eigenvalue weighted by atomic mass is 16.5. The van der Waals surface area contributed by atoms with E-state index in [9.17, 15) is 4.79 Å². The molecule has 0 N–H and O–H groups in total. The van der Waals surface area contributed by atoms with Gasteiger partial charge in [-0.15, -0.1) is 0 Å². The van der Waals surface area contributed by atoms with Crippen molar-refractivity contribution in [3.05, 3.63) is 24.3 Å². The van der Waals surface area contributed by atoms with E-state index in [1.165, 1.54) is 5.69 Å². The minimum absolute atomic E-state index is 0.0279. The number of rotatable bonds is 3. The summed E-state index contributed by atoms with van der Waals surface area (Å²) in [5.41, 5.74) is 1.17. The van der Waals surface area contributed by atoms with Gasteiger partial charge in [-0.25, -0.2) is 0 Å². The summed E-state index contributed by atoms with van der Waals surface area (Å²) in [5.74, 6) is 6.30. The van der Waals surface area contributed by atoms with Crippen LogP contribution in [-0.2, 0) is 4.79 Å². The van der Waals surface area contributed by atoms with E-state index in [1.807, 2.05) is 17.0 Å². The van der Waals surface area contributed by atoms with Gasteiger partial charge in [-0.05, 0) is 37.8 Å². The van der Waals surface area contributed by atoms with Crippen LogP contribution in [-0.4, -0.2) is 68.1 Å². The number of benzene rings is 1. The van der Waals surface area contributed by atoms with Crippen molar-refractivity contribution in [1.82, 2.24) is 9.80 Å². The molecule has 0 unspecified atom stereocenters. The Labute approximate surface area is 150 Å². The van der Waals surface area contributed by atoms with Gasteiger partial charge >= 0.3 is 0 Å². The number of piperidine rings is 1. The number of carbonyl (C=O) groups excluding carboxylic acids is 1. The van der Waals surface area contributed by atoms with Crippen molar-refractivity contribution in [3.8, 4) is 17.6 Å². The summed E-state index contributed by atoms with van der Waals surface area (Å²) in [6.45, 7) is 7.37. The number of nitrogens with zero attached hydrogens (tertiary/aromatic N) is 3. The van der Waals surface area contributed by atoms with Crippen molar-refractivity contribution in [1.29, 1.82) is 0 Å². The molecule has 5 nitrogen and oxygen atoms in total. The third-order valence-corrected chi connectivity index (χ3v) is 5.17. The molecule has 25 heavy (non-hydrogen) atoms. The predicted molar refractivity (Wildman–Crippen MR) is 99.8 cm³/mol. The number of para-hydroxylation sites is 2. The lowest BCUT2D eigenvalue weighted by atomic mass is 10.0. The van der Waals surface area contributed by atoms with Gasteiger partial charge in [0.25, 0.3) is 5.91 Å². The van der Waals surface area contributed by atoms with Crippen molar-refractivity contribution in [2.45, 2.75) is 25.8 Å². The molecule has 1 atom stereocenters. The minimum Gasteiger partial charge on any atom is -0.495 e. The number of amides is 1. The van der Waals surface area contributed by atoms with E-state index in [0.29, 0.717) is 6.04 Å². The van der Waals surface area contributed by atoms with Gasteiger partial charge < -0.3 is 14.5 Å². The van der Waals surface area contributed by atoms with Crippen molar-refractivity contribution in [3.63, 3.8) is 0 Å². The van der Waals surface area contributed by atoms with Crippen LogP contribution in [0.2, 0.25) is 0 Å². The van der Waals surface area contributed by atoms with Crippen molar-refractivity contribution < 1.29 is 9.53 Å². The fourth-order valence-electron chi connectivity index (χ4n) is 3.84. The third kappa shape index (κ3) is 4.08. The molecular formula is C20H27N3O2. The van der Waals surface area contributed by atoms with E-state index in [1.54, 1.807) is 14.0 Å². The molecule has 2 fully saturated rings. The maximum Gasteiger partial charge on any atom is 0.298 e. The molecule has 1 amide bonds. The summed E-state index contributed by atoms with van der Waals surface area (Å²) in [5, 5.41) is 0. The molecular weight excluding hydrogens is 314 g/mol. The molecule has 2 aliphatic heterocycles. The molecule has 2 aliphatic rings. The average molecular weight is 341 g/mol. The number of ether oxygens (including phenoxy) is 1. The summed E-state index contributed by atoms with van der Waals surface area (Å²) >= 11 is 0. The van der Waals surface area contributed by atoms with Crippen molar-refractivity contribution in [2.75, 3.05) is 51.3 Å². The number of carbonyl (C=O) groups is 1. The molecule has 134 valence electrons. The molecule has 0 saturated carbocycles. The second kappa shape index (κ2) is 8.26. The number of methoxy groups -OCH3 is 1. The first-order valence-electron chi connectivity index (χ1n) is 9.06. The average Bonchev–Trinajstić information content (AvgIpc) is 2.68. The Hall–Kier alpha value is -2.19. The van der Waals surface area contributed by atoms with Crippen LogP contribution in [0.1, 0.15) is 19.8 Å². The van der Waals surface area contributed by atoms with Gasteiger partial charge in [-0.2, -0.15) is 0 Å². The highest BCUT2D eigenvalue weighted by molar-refractivity contribution is 5.93. The summed E-state index contributed by atoms with van der Waals surface area (Å²) in [6.07, 6.45) is 2.23. The molecule has 0 spiro atoms. The van der Waals surface area contributed by atoms with Gasteiger partial charge in [-0.3, -0.25) is 9.69 Å².